The highest BCUT2D eigenvalue weighted by Gasteiger charge is 2.31. The lowest BCUT2D eigenvalue weighted by Gasteiger charge is -2.20. The number of rotatable bonds is 21. The van der Waals surface area contributed by atoms with E-state index in [0.717, 1.165) is 0 Å². The molecule has 6 rings (SSSR count). The molecule has 0 aliphatic heterocycles. The zero-order valence-electron chi connectivity index (χ0n) is 37.6. The van der Waals surface area contributed by atoms with Gasteiger partial charge in [0.1, 0.15) is 48.3 Å². The van der Waals surface area contributed by atoms with E-state index >= 15 is 0 Å². The van der Waals surface area contributed by atoms with Gasteiger partial charge in [0.15, 0.2) is 12.2 Å². The van der Waals surface area contributed by atoms with E-state index in [1.54, 1.807) is 77.9 Å². The van der Waals surface area contributed by atoms with Gasteiger partial charge in [-0.15, -0.1) is 0 Å². The molecular formula is C44H52N10O12. The Hall–Kier alpha value is -7.14. The summed E-state index contributed by atoms with van der Waals surface area (Å²) in [5.74, 6) is -0.275. The number of aromatic nitrogens is 8. The average molecular weight is 913 g/mol. The van der Waals surface area contributed by atoms with Gasteiger partial charge in [0.2, 0.25) is 11.6 Å². The molecule has 0 saturated carbocycles. The van der Waals surface area contributed by atoms with Crippen molar-refractivity contribution in [2.24, 2.45) is 0 Å². The maximum atomic E-state index is 12.6. The number of nitrogens with one attached hydrogen (secondary N) is 2. The fourth-order valence-electron chi connectivity index (χ4n) is 6.60. The molecule has 0 bridgehead atoms. The molecule has 22 nitrogen and oxygen atoms in total. The zero-order valence-corrected chi connectivity index (χ0v) is 37.6. The number of amides is 2. The molecule has 66 heavy (non-hydrogen) atoms. The van der Waals surface area contributed by atoms with Crippen LogP contribution in [0.1, 0.15) is 47.5 Å². The zero-order chi connectivity index (χ0) is 47.7. The van der Waals surface area contributed by atoms with Gasteiger partial charge in [0.25, 0.3) is 23.6 Å². The standard InChI is InChI=1S/C44H52N10O12/c1-9-61-43-47-25(7)15-31(49-43)41-51-37(53-65-41)27-11-21(3)35(22(4)12-27)63-19-29(55)17-45-39(59)33(57)34(58)40(60)46-18-30(56)20-64-36-23(5)13-28(14-24(36)6)38-52-42(66-54-38)32-16-26(8)48-44(50-32)62-10-2/h11-16,29-30,33-34,55-58H,9-10,17-20H2,1-8H3,(H,45,59)(H,46,60). The molecule has 4 heterocycles. The van der Waals surface area contributed by atoms with E-state index in [4.69, 9.17) is 28.0 Å². The highest BCUT2D eigenvalue weighted by molar-refractivity contribution is 5.90. The van der Waals surface area contributed by atoms with Crippen LogP contribution in [0.25, 0.3) is 45.9 Å². The van der Waals surface area contributed by atoms with Crippen LogP contribution in [0.2, 0.25) is 0 Å². The number of aliphatic hydroxyl groups is 4. The molecule has 22 heteroatoms. The van der Waals surface area contributed by atoms with Crippen LogP contribution >= 0.6 is 0 Å². The second-order valence-corrected chi connectivity index (χ2v) is 15.3. The van der Waals surface area contributed by atoms with Crippen molar-refractivity contribution in [1.82, 2.24) is 50.9 Å². The maximum Gasteiger partial charge on any atom is 0.317 e. The first-order chi connectivity index (χ1) is 31.5. The Kier molecular flexibility index (Phi) is 15.9. The predicted molar refractivity (Wildman–Crippen MR) is 233 cm³/mol. The summed E-state index contributed by atoms with van der Waals surface area (Å²) in [5, 5.41) is 54.7. The Morgan fingerprint density at radius 3 is 1.26 bits per heavy atom. The van der Waals surface area contributed by atoms with Gasteiger partial charge in [-0.1, -0.05) is 10.3 Å². The van der Waals surface area contributed by atoms with Crippen molar-refractivity contribution in [3.8, 4) is 69.5 Å². The fourth-order valence-corrected chi connectivity index (χ4v) is 6.60. The third kappa shape index (κ3) is 12.1. The first-order valence-electron chi connectivity index (χ1n) is 20.9. The Morgan fingerprint density at radius 2 is 0.909 bits per heavy atom. The topological polar surface area (TPSA) is 305 Å². The monoisotopic (exact) mass is 912 g/mol. The van der Waals surface area contributed by atoms with Gasteiger partial charge < -0.3 is 59.1 Å². The summed E-state index contributed by atoms with van der Waals surface area (Å²) in [7, 11) is 0. The third-order valence-corrected chi connectivity index (χ3v) is 9.64. The molecule has 0 spiro atoms. The van der Waals surface area contributed by atoms with Crippen molar-refractivity contribution < 1.29 is 58.0 Å². The highest BCUT2D eigenvalue weighted by atomic mass is 16.5. The van der Waals surface area contributed by atoms with Crippen LogP contribution in [0.15, 0.2) is 45.4 Å². The lowest BCUT2D eigenvalue weighted by Crippen LogP contribution is -2.52. The number of ether oxygens (including phenoxy) is 4. The average Bonchev–Trinajstić information content (AvgIpc) is 3.98. The van der Waals surface area contributed by atoms with Gasteiger partial charge >= 0.3 is 12.0 Å². The lowest BCUT2D eigenvalue weighted by molar-refractivity contribution is -0.146. The molecule has 0 saturated heterocycles. The van der Waals surface area contributed by atoms with Gasteiger partial charge in [-0.3, -0.25) is 9.59 Å². The number of aryl methyl sites for hydroxylation is 6. The van der Waals surface area contributed by atoms with E-state index < -0.39 is 36.2 Å². The molecule has 4 unspecified atom stereocenters. The van der Waals surface area contributed by atoms with Crippen molar-refractivity contribution in [2.45, 2.75) is 79.8 Å². The van der Waals surface area contributed by atoms with E-state index in [1.807, 2.05) is 13.8 Å². The summed E-state index contributed by atoms with van der Waals surface area (Å²) in [4.78, 5) is 51.3. The number of benzene rings is 2. The van der Waals surface area contributed by atoms with Crippen molar-refractivity contribution in [1.29, 1.82) is 0 Å². The number of hydrogen-bond donors (Lipinski definition) is 6. The Balaban J connectivity index is 0.930. The van der Waals surface area contributed by atoms with Gasteiger partial charge in [-0.25, -0.2) is 9.97 Å². The van der Waals surface area contributed by atoms with E-state index in [9.17, 15) is 30.0 Å². The van der Waals surface area contributed by atoms with Crippen molar-refractivity contribution >= 4 is 11.8 Å². The molecule has 0 radical (unpaired) electrons. The quantitative estimate of drug-likeness (QED) is 0.0604. The largest absolute Gasteiger partial charge is 0.490 e. The molecule has 4 atom stereocenters. The molecule has 0 aliphatic carbocycles. The van der Waals surface area contributed by atoms with E-state index in [0.29, 0.717) is 92.5 Å². The number of carbonyl (C=O) groups excluding carboxylic acids is 2. The summed E-state index contributed by atoms with van der Waals surface area (Å²) in [6.07, 6.45) is -6.83. The Bertz CT molecular complexity index is 2430. The van der Waals surface area contributed by atoms with Crippen LogP contribution < -0.4 is 29.6 Å². The summed E-state index contributed by atoms with van der Waals surface area (Å²) in [5.41, 5.74) is 6.27. The minimum Gasteiger partial charge on any atom is -0.490 e. The number of hydrogen-bond acceptors (Lipinski definition) is 20. The van der Waals surface area contributed by atoms with E-state index in [2.05, 4.69) is 50.9 Å². The van der Waals surface area contributed by atoms with Gasteiger partial charge in [-0.05, 0) is 114 Å². The van der Waals surface area contributed by atoms with E-state index in [-0.39, 0.29) is 50.1 Å². The van der Waals surface area contributed by atoms with Crippen LogP contribution in [0.5, 0.6) is 23.5 Å². The number of carbonyl (C=O) groups is 2. The van der Waals surface area contributed by atoms with Crippen LogP contribution in [0.3, 0.4) is 0 Å². The van der Waals surface area contributed by atoms with Gasteiger partial charge in [0, 0.05) is 35.6 Å². The summed E-state index contributed by atoms with van der Waals surface area (Å²) in [6.45, 7) is 14.0. The number of aliphatic hydroxyl groups excluding tert-OH is 4. The van der Waals surface area contributed by atoms with Crippen molar-refractivity contribution in [3.05, 3.63) is 70.0 Å². The maximum absolute atomic E-state index is 12.6. The predicted octanol–water partition coefficient (Wildman–Crippen LogP) is 2.48. The Morgan fingerprint density at radius 1 is 0.545 bits per heavy atom. The molecule has 0 fully saturated rings. The van der Waals surface area contributed by atoms with E-state index in [1.165, 1.54) is 0 Å². The summed E-state index contributed by atoms with van der Waals surface area (Å²) >= 11 is 0. The fraction of sp³-hybridized carbons (Fsp3) is 0.409. The van der Waals surface area contributed by atoms with Crippen LogP contribution in [0, 0.1) is 41.5 Å². The molecular weight excluding hydrogens is 861 g/mol. The minimum atomic E-state index is -2.18. The van der Waals surface area contributed by atoms with Crippen molar-refractivity contribution in [2.75, 3.05) is 39.5 Å². The highest BCUT2D eigenvalue weighted by Crippen LogP contribution is 2.32. The molecule has 2 amide bonds. The second kappa shape index (κ2) is 21.7. The molecule has 350 valence electrons. The minimum absolute atomic E-state index is 0.187. The van der Waals surface area contributed by atoms with Crippen LogP contribution in [-0.4, -0.2) is 136 Å². The molecule has 6 N–H and O–H groups in total. The first kappa shape index (κ1) is 48.3. The van der Waals surface area contributed by atoms with Gasteiger partial charge in [0.05, 0.1) is 13.2 Å². The molecule has 0 aliphatic rings. The second-order valence-electron chi connectivity index (χ2n) is 15.3. The normalized spacial score (nSPS) is 13.1. The summed E-state index contributed by atoms with van der Waals surface area (Å²) < 4.78 is 33.5. The Labute approximate surface area is 378 Å². The van der Waals surface area contributed by atoms with Crippen LogP contribution in [0.4, 0.5) is 0 Å². The lowest BCUT2D eigenvalue weighted by atomic mass is 10.1. The SMILES string of the molecule is CCOc1nc(C)cc(-c2nc(-c3cc(C)c(OCC(O)CNC(=O)C(O)C(O)C(=O)NCC(O)COc4c(C)cc(-c5noc(-c6cc(C)nc(OCC)n6)n5)cc4C)c(C)c3)no2)n1. The van der Waals surface area contributed by atoms with Crippen molar-refractivity contribution in [3.63, 3.8) is 0 Å². The molecule has 6 aromatic rings. The third-order valence-electron chi connectivity index (χ3n) is 9.64. The van der Waals surface area contributed by atoms with Crippen LogP contribution in [-0.2, 0) is 9.59 Å². The molecule has 2 aromatic carbocycles. The summed E-state index contributed by atoms with van der Waals surface area (Å²) in [6, 6.07) is 11.0. The number of nitrogens with zero attached hydrogens (tertiary/aromatic N) is 8. The first-order valence-corrected chi connectivity index (χ1v) is 20.9. The smallest absolute Gasteiger partial charge is 0.317 e. The molecule has 4 aromatic heterocycles. The van der Waals surface area contributed by atoms with Gasteiger partial charge in [-0.2, -0.15) is 19.9 Å².